The van der Waals surface area contributed by atoms with Crippen molar-refractivity contribution in [1.29, 1.82) is 0 Å². The molecular weight excluding hydrogens is 372 g/mol. The quantitative estimate of drug-likeness (QED) is 0.844. The summed E-state index contributed by atoms with van der Waals surface area (Å²) in [6.07, 6.45) is 0. The molecule has 0 bridgehead atoms. The number of sulfonamides is 1. The van der Waals surface area contributed by atoms with Crippen molar-refractivity contribution < 1.29 is 13.2 Å². The van der Waals surface area contributed by atoms with Crippen LogP contribution in [0, 0.1) is 6.92 Å². The first-order chi connectivity index (χ1) is 12.0. The first-order valence-corrected chi connectivity index (χ1v) is 10.0. The van der Waals surface area contributed by atoms with Crippen LogP contribution in [0.1, 0.15) is 22.7 Å². The molecule has 7 heteroatoms. The summed E-state index contributed by atoms with van der Waals surface area (Å²) in [6, 6.07) is 15.0. The van der Waals surface area contributed by atoms with Crippen molar-refractivity contribution in [2.24, 2.45) is 0 Å². The fraction of sp³-hybridized carbons (Fsp3) is 0.368. The third-order valence-electron chi connectivity index (χ3n) is 4.48. The Hall–Kier alpha value is -1.60. The molecule has 1 aliphatic rings. The molecule has 3 rings (SSSR count). The van der Waals surface area contributed by atoms with Crippen LogP contribution >= 0.6 is 12.4 Å². The van der Waals surface area contributed by atoms with Gasteiger partial charge in [-0.2, -0.15) is 4.31 Å². The van der Waals surface area contributed by atoms with E-state index in [1.54, 1.807) is 11.4 Å². The van der Waals surface area contributed by atoms with E-state index in [0.29, 0.717) is 25.4 Å². The highest BCUT2D eigenvalue weighted by Crippen LogP contribution is 2.32. The highest BCUT2D eigenvalue weighted by atomic mass is 35.5. The van der Waals surface area contributed by atoms with E-state index in [1.165, 1.54) is 0 Å². The van der Waals surface area contributed by atoms with Gasteiger partial charge in [-0.3, -0.25) is 0 Å². The monoisotopic (exact) mass is 396 g/mol. The largest absolute Gasteiger partial charge is 0.496 e. The molecule has 1 atom stereocenters. The fourth-order valence-corrected chi connectivity index (χ4v) is 5.03. The van der Waals surface area contributed by atoms with Gasteiger partial charge >= 0.3 is 0 Å². The number of hydrogen-bond donors (Lipinski definition) is 1. The van der Waals surface area contributed by atoms with Crippen LogP contribution in [-0.2, 0) is 15.8 Å². The van der Waals surface area contributed by atoms with Crippen LogP contribution in [0.5, 0.6) is 5.75 Å². The summed E-state index contributed by atoms with van der Waals surface area (Å²) in [5.74, 6) is 0.729. The Morgan fingerprint density at radius 3 is 2.69 bits per heavy atom. The number of nitrogens with one attached hydrogen (secondary N) is 1. The molecule has 0 saturated carbocycles. The van der Waals surface area contributed by atoms with Crippen molar-refractivity contribution >= 4 is 22.4 Å². The molecule has 0 amide bonds. The van der Waals surface area contributed by atoms with Crippen LogP contribution in [0.15, 0.2) is 48.5 Å². The van der Waals surface area contributed by atoms with Gasteiger partial charge in [0.1, 0.15) is 5.75 Å². The maximum atomic E-state index is 13.1. The Balaban J connectivity index is 0.00000243. The third kappa shape index (κ3) is 4.57. The van der Waals surface area contributed by atoms with Crippen molar-refractivity contribution in [3.63, 3.8) is 0 Å². The number of piperazine rings is 1. The van der Waals surface area contributed by atoms with E-state index in [1.807, 2.05) is 55.5 Å². The van der Waals surface area contributed by atoms with Crippen LogP contribution in [-0.4, -0.2) is 39.5 Å². The number of ether oxygens (including phenoxy) is 1. The molecule has 5 nitrogen and oxygen atoms in total. The first kappa shape index (κ1) is 20.7. The number of halogens is 1. The topological polar surface area (TPSA) is 58.6 Å². The van der Waals surface area contributed by atoms with Crippen LogP contribution in [0.4, 0.5) is 0 Å². The smallest absolute Gasteiger partial charge is 0.218 e. The van der Waals surface area contributed by atoms with E-state index in [-0.39, 0.29) is 24.2 Å². The van der Waals surface area contributed by atoms with Crippen LogP contribution in [0.2, 0.25) is 0 Å². The Kier molecular flexibility index (Phi) is 7.06. The summed E-state index contributed by atoms with van der Waals surface area (Å²) in [6.45, 7) is 3.65. The number of nitrogens with zero attached hydrogens (tertiary/aromatic N) is 1. The van der Waals surface area contributed by atoms with Gasteiger partial charge in [0.2, 0.25) is 10.0 Å². The summed E-state index contributed by atoms with van der Waals surface area (Å²) in [4.78, 5) is 0. The number of hydrogen-bond acceptors (Lipinski definition) is 4. The predicted molar refractivity (Wildman–Crippen MR) is 106 cm³/mol. The van der Waals surface area contributed by atoms with Gasteiger partial charge in [-0.05, 0) is 18.6 Å². The number of para-hydroxylation sites is 1. The minimum atomic E-state index is -3.44. The van der Waals surface area contributed by atoms with E-state index in [9.17, 15) is 8.42 Å². The molecule has 1 N–H and O–H groups in total. The highest BCUT2D eigenvalue weighted by molar-refractivity contribution is 7.88. The molecule has 2 aromatic carbocycles. The zero-order chi connectivity index (χ0) is 17.9. The molecule has 1 saturated heterocycles. The van der Waals surface area contributed by atoms with E-state index < -0.39 is 10.0 Å². The van der Waals surface area contributed by atoms with Gasteiger partial charge in [0.25, 0.3) is 0 Å². The normalized spacial score (nSPS) is 18.2. The second-order valence-electron chi connectivity index (χ2n) is 6.32. The van der Waals surface area contributed by atoms with Crippen molar-refractivity contribution in [2.45, 2.75) is 18.7 Å². The lowest BCUT2D eigenvalue weighted by molar-refractivity contribution is 0.264. The van der Waals surface area contributed by atoms with Crippen molar-refractivity contribution in [3.8, 4) is 5.75 Å². The van der Waals surface area contributed by atoms with Gasteiger partial charge in [-0.15, -0.1) is 12.4 Å². The first-order valence-electron chi connectivity index (χ1n) is 8.40. The number of aryl methyl sites for hydroxylation is 1. The SMILES string of the molecule is COc1ccccc1C1CNCCN1S(=O)(=O)Cc1cccc(C)c1.Cl. The summed E-state index contributed by atoms with van der Waals surface area (Å²) >= 11 is 0. The average Bonchev–Trinajstić information content (AvgIpc) is 2.61. The Morgan fingerprint density at radius 1 is 1.19 bits per heavy atom. The van der Waals surface area contributed by atoms with Crippen LogP contribution in [0.3, 0.4) is 0 Å². The Labute approximate surface area is 161 Å². The van der Waals surface area contributed by atoms with Gasteiger partial charge < -0.3 is 10.1 Å². The van der Waals surface area contributed by atoms with Crippen LogP contribution < -0.4 is 10.1 Å². The minimum absolute atomic E-state index is 0. The molecule has 142 valence electrons. The Bertz CT molecular complexity index is 842. The fourth-order valence-electron chi connectivity index (χ4n) is 3.32. The van der Waals surface area contributed by atoms with Crippen LogP contribution in [0.25, 0.3) is 0 Å². The zero-order valence-electron chi connectivity index (χ0n) is 15.0. The third-order valence-corrected chi connectivity index (χ3v) is 6.33. The summed E-state index contributed by atoms with van der Waals surface area (Å²) in [5.41, 5.74) is 2.77. The maximum Gasteiger partial charge on any atom is 0.218 e. The molecular formula is C19H25ClN2O3S. The molecule has 2 aromatic rings. The molecule has 0 aliphatic carbocycles. The van der Waals surface area contributed by atoms with Crippen molar-refractivity contribution in [1.82, 2.24) is 9.62 Å². The summed E-state index contributed by atoms with van der Waals surface area (Å²) < 4.78 is 33.3. The van der Waals surface area contributed by atoms with Gasteiger partial charge in [0, 0.05) is 25.2 Å². The van der Waals surface area contributed by atoms with E-state index >= 15 is 0 Å². The number of rotatable bonds is 5. The predicted octanol–water partition coefficient (Wildman–Crippen LogP) is 2.90. The summed E-state index contributed by atoms with van der Waals surface area (Å²) in [5, 5.41) is 3.30. The molecule has 26 heavy (non-hydrogen) atoms. The standard InChI is InChI=1S/C19H24N2O3S.ClH/c1-15-6-5-7-16(12-15)14-25(22,23)21-11-10-20-13-18(21)17-8-3-4-9-19(17)24-2;/h3-9,12,18,20H,10-11,13-14H2,1-2H3;1H. The lowest BCUT2D eigenvalue weighted by atomic mass is 10.0. The van der Waals surface area contributed by atoms with Crippen molar-refractivity contribution in [2.75, 3.05) is 26.7 Å². The zero-order valence-corrected chi connectivity index (χ0v) is 16.6. The van der Waals surface area contributed by atoms with Gasteiger partial charge in [-0.1, -0.05) is 48.0 Å². The lowest BCUT2D eigenvalue weighted by Gasteiger charge is -2.36. The Morgan fingerprint density at radius 2 is 1.96 bits per heavy atom. The van der Waals surface area contributed by atoms with E-state index in [4.69, 9.17) is 4.74 Å². The number of benzene rings is 2. The molecule has 1 heterocycles. The lowest BCUT2D eigenvalue weighted by Crippen LogP contribution is -2.49. The molecule has 1 fully saturated rings. The van der Waals surface area contributed by atoms with Gasteiger partial charge in [0.05, 0.1) is 18.9 Å². The van der Waals surface area contributed by atoms with Gasteiger partial charge in [0.15, 0.2) is 0 Å². The van der Waals surface area contributed by atoms with Gasteiger partial charge in [-0.25, -0.2) is 8.42 Å². The molecule has 0 aromatic heterocycles. The molecule has 0 radical (unpaired) electrons. The molecule has 1 unspecified atom stereocenters. The van der Waals surface area contributed by atoms with Crippen molar-refractivity contribution in [3.05, 3.63) is 65.2 Å². The van der Waals surface area contributed by atoms with E-state index in [0.717, 1.165) is 16.7 Å². The highest BCUT2D eigenvalue weighted by Gasteiger charge is 2.34. The molecule has 1 aliphatic heterocycles. The maximum absolute atomic E-state index is 13.1. The molecule has 0 spiro atoms. The van der Waals surface area contributed by atoms with E-state index in [2.05, 4.69) is 5.32 Å². The summed E-state index contributed by atoms with van der Waals surface area (Å²) in [7, 11) is -1.83. The minimum Gasteiger partial charge on any atom is -0.496 e. The second-order valence-corrected chi connectivity index (χ2v) is 8.24. The average molecular weight is 397 g/mol. The number of methoxy groups -OCH3 is 1. The second kappa shape index (κ2) is 8.86.